The molecular weight excluding hydrogens is 378 g/mol. The number of nitrogens with zero attached hydrogens (tertiary/aromatic N) is 4. The largest absolute Gasteiger partial charge is 0.492 e. The quantitative estimate of drug-likeness (QED) is 0.541. The van der Waals surface area contributed by atoms with Gasteiger partial charge in [0, 0.05) is 48.1 Å². The van der Waals surface area contributed by atoms with E-state index >= 15 is 0 Å². The van der Waals surface area contributed by atoms with Crippen molar-refractivity contribution in [3.8, 4) is 22.8 Å². The first-order valence-electron chi connectivity index (χ1n) is 9.92. The number of aromatic nitrogens is 4. The van der Waals surface area contributed by atoms with E-state index in [1.54, 1.807) is 18.7 Å². The van der Waals surface area contributed by atoms with Gasteiger partial charge in [-0.1, -0.05) is 6.07 Å². The molecule has 7 nitrogen and oxygen atoms in total. The lowest BCUT2D eigenvalue weighted by Crippen LogP contribution is -2.31. The molecule has 0 atom stereocenters. The number of rotatable bonds is 6. The lowest BCUT2D eigenvalue weighted by atomic mass is 9.99. The second-order valence-electron chi connectivity index (χ2n) is 7.14. The molecule has 1 aliphatic heterocycles. The minimum atomic E-state index is -0.0167. The van der Waals surface area contributed by atoms with Crippen molar-refractivity contribution in [2.24, 2.45) is 0 Å². The summed E-state index contributed by atoms with van der Waals surface area (Å²) < 4.78 is 9.79. The predicted octanol–water partition coefficient (Wildman–Crippen LogP) is 3.10. The molecule has 1 N–H and O–H groups in total. The fourth-order valence-corrected chi connectivity index (χ4v) is 3.66. The zero-order valence-electron chi connectivity index (χ0n) is 16.4. The van der Waals surface area contributed by atoms with Gasteiger partial charge in [-0.3, -0.25) is 9.36 Å². The Bertz CT molecular complexity index is 1160. The molecule has 30 heavy (non-hydrogen) atoms. The number of nitrogens with one attached hydrogen (secondary N) is 1. The van der Waals surface area contributed by atoms with E-state index in [0.29, 0.717) is 13.2 Å². The van der Waals surface area contributed by atoms with E-state index in [2.05, 4.69) is 15.3 Å². The molecule has 2 aromatic carbocycles. The van der Waals surface area contributed by atoms with Crippen molar-refractivity contribution >= 4 is 5.91 Å². The second-order valence-corrected chi connectivity index (χ2v) is 7.14. The van der Waals surface area contributed by atoms with Crippen molar-refractivity contribution in [3.05, 3.63) is 84.7 Å². The van der Waals surface area contributed by atoms with Gasteiger partial charge in [0.05, 0.1) is 12.9 Å². The van der Waals surface area contributed by atoms with Crippen LogP contribution in [0.4, 0.5) is 0 Å². The van der Waals surface area contributed by atoms with Crippen LogP contribution in [0.25, 0.3) is 17.1 Å². The van der Waals surface area contributed by atoms with Gasteiger partial charge in [0.25, 0.3) is 5.91 Å². The van der Waals surface area contributed by atoms with E-state index in [1.807, 2.05) is 64.0 Å². The molecule has 0 spiro atoms. The van der Waals surface area contributed by atoms with E-state index in [-0.39, 0.29) is 5.91 Å². The molecule has 0 saturated heterocycles. The normalized spacial score (nSPS) is 13.0. The number of fused-ring (bicyclic) bond motifs is 1. The molecule has 0 aliphatic carbocycles. The van der Waals surface area contributed by atoms with Crippen molar-refractivity contribution in [1.82, 2.24) is 24.4 Å². The molecule has 2 aromatic heterocycles. The lowest BCUT2D eigenvalue weighted by molar-refractivity contribution is 0.0946. The summed E-state index contributed by atoms with van der Waals surface area (Å²) in [7, 11) is 0. The Morgan fingerprint density at radius 3 is 2.80 bits per heavy atom. The summed E-state index contributed by atoms with van der Waals surface area (Å²) in [5.74, 6) is 1.61. The van der Waals surface area contributed by atoms with Crippen LogP contribution in [0.1, 0.15) is 15.9 Å². The molecule has 4 aromatic rings. The highest BCUT2D eigenvalue weighted by Gasteiger charge is 2.18. The van der Waals surface area contributed by atoms with Gasteiger partial charge in [-0.2, -0.15) is 0 Å². The fraction of sp³-hybridized carbons (Fsp3) is 0.174. The zero-order valence-corrected chi connectivity index (χ0v) is 16.4. The molecule has 0 radical (unpaired) electrons. The summed E-state index contributed by atoms with van der Waals surface area (Å²) in [6.45, 7) is 2.01. The van der Waals surface area contributed by atoms with Gasteiger partial charge in [-0.05, 0) is 48.4 Å². The average Bonchev–Trinajstić information content (AvgIpc) is 3.47. The van der Waals surface area contributed by atoms with Crippen LogP contribution >= 0.6 is 0 Å². The van der Waals surface area contributed by atoms with E-state index in [1.165, 1.54) is 0 Å². The fourth-order valence-electron chi connectivity index (χ4n) is 3.66. The number of ether oxygens (including phenoxy) is 1. The molecule has 0 fully saturated rings. The van der Waals surface area contributed by atoms with Crippen molar-refractivity contribution in [2.45, 2.75) is 13.0 Å². The Hall–Kier alpha value is -3.87. The number of carbonyl (C=O) groups is 1. The summed E-state index contributed by atoms with van der Waals surface area (Å²) in [4.78, 5) is 20.8. The second kappa shape index (κ2) is 7.87. The average molecular weight is 399 g/mol. The number of amides is 1. The van der Waals surface area contributed by atoms with Gasteiger partial charge >= 0.3 is 0 Å². The highest BCUT2D eigenvalue weighted by Crippen LogP contribution is 2.26. The highest BCUT2D eigenvalue weighted by atomic mass is 16.5. The Kier molecular flexibility index (Phi) is 4.77. The number of benzene rings is 2. The van der Waals surface area contributed by atoms with Gasteiger partial charge in [0.2, 0.25) is 0 Å². The van der Waals surface area contributed by atoms with E-state index < -0.39 is 0 Å². The summed E-state index contributed by atoms with van der Waals surface area (Å²) in [6.07, 6.45) is 9.98. The van der Waals surface area contributed by atoms with Crippen LogP contribution in [-0.2, 0) is 13.0 Å². The maximum atomic E-state index is 12.2. The zero-order chi connectivity index (χ0) is 20.3. The third kappa shape index (κ3) is 3.57. The standard InChI is InChI=1S/C23H21N5O2/c29-23-21-15-19(4-1-17(21)7-8-26-23)28-12-10-25-22(28)18-2-5-20(6-3-18)30-14-13-27-11-9-24-16-27/h1-6,9-12,15-16H,7-8,13-14H2,(H,26,29). The van der Waals surface area contributed by atoms with Crippen molar-refractivity contribution in [2.75, 3.05) is 13.2 Å². The maximum absolute atomic E-state index is 12.2. The van der Waals surface area contributed by atoms with Crippen molar-refractivity contribution in [1.29, 1.82) is 0 Å². The Morgan fingerprint density at radius 2 is 1.97 bits per heavy atom. The van der Waals surface area contributed by atoms with Crippen molar-refractivity contribution < 1.29 is 9.53 Å². The van der Waals surface area contributed by atoms with Crippen molar-refractivity contribution in [3.63, 3.8) is 0 Å². The van der Waals surface area contributed by atoms with Crippen LogP contribution < -0.4 is 10.1 Å². The Balaban J connectivity index is 1.34. The number of imidazole rings is 2. The van der Waals surface area contributed by atoms with Gasteiger partial charge in [-0.15, -0.1) is 0 Å². The van der Waals surface area contributed by atoms with Crippen LogP contribution in [0, 0.1) is 0 Å². The first-order valence-corrected chi connectivity index (χ1v) is 9.92. The molecule has 0 saturated carbocycles. The molecule has 7 heteroatoms. The van der Waals surface area contributed by atoms with Crippen LogP contribution in [0.3, 0.4) is 0 Å². The monoisotopic (exact) mass is 399 g/mol. The minimum Gasteiger partial charge on any atom is -0.492 e. The topological polar surface area (TPSA) is 74.0 Å². The van der Waals surface area contributed by atoms with Gasteiger partial charge in [-0.25, -0.2) is 9.97 Å². The van der Waals surface area contributed by atoms with Gasteiger partial charge in [0.1, 0.15) is 18.2 Å². The smallest absolute Gasteiger partial charge is 0.251 e. The van der Waals surface area contributed by atoms with Crippen LogP contribution in [-0.4, -0.2) is 38.2 Å². The van der Waals surface area contributed by atoms with Gasteiger partial charge < -0.3 is 14.6 Å². The third-order valence-corrected chi connectivity index (χ3v) is 5.23. The molecule has 150 valence electrons. The summed E-state index contributed by atoms with van der Waals surface area (Å²) in [5, 5.41) is 2.91. The predicted molar refractivity (Wildman–Crippen MR) is 113 cm³/mol. The summed E-state index contributed by atoms with van der Waals surface area (Å²) in [6, 6.07) is 13.9. The summed E-state index contributed by atoms with van der Waals surface area (Å²) in [5.41, 5.74) is 3.71. The molecule has 1 aliphatic rings. The highest BCUT2D eigenvalue weighted by molar-refractivity contribution is 5.97. The van der Waals surface area contributed by atoms with E-state index in [0.717, 1.165) is 46.9 Å². The van der Waals surface area contributed by atoms with Gasteiger partial charge in [0.15, 0.2) is 0 Å². The van der Waals surface area contributed by atoms with Crippen LogP contribution in [0.15, 0.2) is 73.6 Å². The van der Waals surface area contributed by atoms with Crippen LogP contribution in [0.5, 0.6) is 5.75 Å². The molecular formula is C23H21N5O2. The van der Waals surface area contributed by atoms with E-state index in [9.17, 15) is 4.79 Å². The van der Waals surface area contributed by atoms with Crippen LogP contribution in [0.2, 0.25) is 0 Å². The molecule has 0 bridgehead atoms. The SMILES string of the molecule is O=C1NCCc2ccc(-n3ccnc3-c3ccc(OCCn4ccnc4)cc3)cc21. The third-order valence-electron chi connectivity index (χ3n) is 5.23. The minimum absolute atomic E-state index is 0.0167. The lowest BCUT2D eigenvalue weighted by Gasteiger charge is -2.18. The number of carbonyl (C=O) groups excluding carboxylic acids is 1. The molecule has 3 heterocycles. The maximum Gasteiger partial charge on any atom is 0.251 e. The first-order chi connectivity index (χ1) is 14.8. The molecule has 5 rings (SSSR count). The molecule has 0 unspecified atom stereocenters. The number of hydrogen-bond acceptors (Lipinski definition) is 4. The molecule has 1 amide bonds. The first kappa shape index (κ1) is 18.2. The Labute approximate surface area is 174 Å². The van der Waals surface area contributed by atoms with E-state index in [4.69, 9.17) is 4.74 Å². The Morgan fingerprint density at radius 1 is 1.07 bits per heavy atom. The number of hydrogen-bond donors (Lipinski definition) is 1. The summed E-state index contributed by atoms with van der Waals surface area (Å²) >= 11 is 0.